The molecule has 0 spiro atoms. The highest BCUT2D eigenvalue weighted by atomic mass is 35.5. The number of benzene rings is 4. The maximum atomic E-state index is 13.9. The van der Waals surface area contributed by atoms with Gasteiger partial charge in [0.25, 0.3) is 0 Å². The molecule has 1 amide bonds. The molecule has 2 atom stereocenters. The van der Waals surface area contributed by atoms with E-state index in [1.54, 1.807) is 30.7 Å². The number of rotatable bonds is 12. The maximum absolute atomic E-state index is 13.9. The highest BCUT2D eigenvalue weighted by Crippen LogP contribution is 2.41. The number of carbonyl (C=O) groups excluding carboxylic acids is 1. The zero-order chi connectivity index (χ0) is 39.3. The molecule has 1 N–H and O–H groups in total. The number of ether oxygens (including phenoxy) is 4. The zero-order valence-electron chi connectivity index (χ0n) is 31.7. The monoisotopic (exact) mass is 800 g/mol. The molecule has 290 valence electrons. The van der Waals surface area contributed by atoms with Crippen molar-refractivity contribution in [2.24, 2.45) is 0 Å². The third-order valence-electron chi connectivity index (χ3n) is 10.5. The molecular formula is C46H42Cl2N4O5. The Bertz CT molecular complexity index is 2360. The van der Waals surface area contributed by atoms with Gasteiger partial charge in [-0.25, -0.2) is 0 Å². The summed E-state index contributed by atoms with van der Waals surface area (Å²) in [5, 5.41) is 4.23. The first kappa shape index (κ1) is 38.3. The van der Waals surface area contributed by atoms with Crippen LogP contribution in [0.2, 0.25) is 10.0 Å². The van der Waals surface area contributed by atoms with Crippen LogP contribution in [0.5, 0.6) is 28.7 Å². The van der Waals surface area contributed by atoms with Gasteiger partial charge in [0, 0.05) is 49.5 Å². The van der Waals surface area contributed by atoms with Crippen molar-refractivity contribution in [2.45, 2.75) is 58.5 Å². The molecule has 0 aliphatic carbocycles. The number of aromatic nitrogens is 2. The van der Waals surface area contributed by atoms with Crippen molar-refractivity contribution in [1.29, 1.82) is 0 Å². The Morgan fingerprint density at radius 3 is 2.37 bits per heavy atom. The van der Waals surface area contributed by atoms with Gasteiger partial charge >= 0.3 is 0 Å². The quantitative estimate of drug-likeness (QED) is 0.131. The van der Waals surface area contributed by atoms with Crippen LogP contribution >= 0.6 is 23.2 Å². The van der Waals surface area contributed by atoms with E-state index >= 15 is 0 Å². The topological polar surface area (TPSA) is 95.0 Å². The van der Waals surface area contributed by atoms with Gasteiger partial charge in [0.1, 0.15) is 30.5 Å². The Morgan fingerprint density at radius 1 is 0.825 bits per heavy atom. The molecule has 2 aromatic heterocycles. The average molecular weight is 802 g/mol. The van der Waals surface area contributed by atoms with Crippen molar-refractivity contribution in [1.82, 2.24) is 20.2 Å². The fourth-order valence-electron chi connectivity index (χ4n) is 7.12. The molecule has 2 aliphatic heterocycles. The molecule has 4 aromatic carbocycles. The summed E-state index contributed by atoms with van der Waals surface area (Å²) in [6.07, 6.45) is 6.29. The van der Waals surface area contributed by atoms with Crippen LogP contribution in [0.3, 0.4) is 0 Å². The Labute approximate surface area is 342 Å². The molecule has 0 saturated heterocycles. The summed E-state index contributed by atoms with van der Waals surface area (Å²) in [7, 11) is 0. The summed E-state index contributed by atoms with van der Waals surface area (Å²) < 4.78 is 24.9. The largest absolute Gasteiger partial charge is 0.489 e. The van der Waals surface area contributed by atoms with E-state index in [-0.39, 0.29) is 18.1 Å². The number of halogens is 2. The highest BCUT2D eigenvalue weighted by Gasteiger charge is 2.34. The van der Waals surface area contributed by atoms with E-state index < -0.39 is 0 Å². The summed E-state index contributed by atoms with van der Waals surface area (Å²) in [5.74, 6) is 3.67. The van der Waals surface area contributed by atoms with Crippen molar-refractivity contribution in [3.63, 3.8) is 0 Å². The standard InChI is InChI=1S/C46H42Cl2N4O5/c1-29-30(2)50-20-16-42(29)56-38-8-3-31(4-9-38)15-19-51-46(53)41-22-35-23-43-44(24-36(35)26-52(41)25-32-13-17-49-18-14-32)57-45(28-55-43)34-6-10-37(11-7-34)54-27-33-5-12-39(47)40(48)21-33/h3-14,16-18,20-21,23-24,41,45H,15,19,22,25-28H2,1-2H3,(H,51,53). The van der Waals surface area contributed by atoms with Crippen LogP contribution in [0.1, 0.15) is 50.7 Å². The second-order valence-corrected chi connectivity index (χ2v) is 15.2. The first-order valence-electron chi connectivity index (χ1n) is 19.0. The Kier molecular flexibility index (Phi) is 11.6. The predicted molar refractivity (Wildman–Crippen MR) is 220 cm³/mol. The summed E-state index contributed by atoms with van der Waals surface area (Å²) in [5.41, 5.74) is 8.27. The van der Waals surface area contributed by atoms with Gasteiger partial charge < -0.3 is 24.3 Å². The van der Waals surface area contributed by atoms with Crippen LogP contribution in [0.25, 0.3) is 0 Å². The minimum atomic E-state index is -0.360. The number of hydrogen-bond acceptors (Lipinski definition) is 8. The minimum absolute atomic E-state index is 0.00228. The maximum Gasteiger partial charge on any atom is 0.237 e. The van der Waals surface area contributed by atoms with E-state index in [1.165, 1.54) is 0 Å². The van der Waals surface area contributed by atoms with Crippen molar-refractivity contribution >= 4 is 29.1 Å². The number of nitrogens with zero attached hydrogens (tertiary/aromatic N) is 3. The van der Waals surface area contributed by atoms with Crippen LogP contribution in [0.15, 0.2) is 116 Å². The molecule has 9 nitrogen and oxygen atoms in total. The van der Waals surface area contributed by atoms with Crippen LogP contribution in [0, 0.1) is 13.8 Å². The van der Waals surface area contributed by atoms with Crippen LogP contribution < -0.4 is 24.3 Å². The molecule has 6 aromatic rings. The number of fused-ring (bicyclic) bond motifs is 2. The number of hydrogen-bond donors (Lipinski definition) is 1. The van der Waals surface area contributed by atoms with Crippen molar-refractivity contribution in [3.05, 3.63) is 170 Å². The molecule has 0 saturated carbocycles. The number of nitrogens with one attached hydrogen (secondary N) is 1. The lowest BCUT2D eigenvalue weighted by atomic mass is 9.92. The van der Waals surface area contributed by atoms with E-state index in [0.29, 0.717) is 67.2 Å². The van der Waals surface area contributed by atoms with Gasteiger partial charge in [0.15, 0.2) is 17.6 Å². The van der Waals surface area contributed by atoms with Gasteiger partial charge in [-0.05, 0) is 127 Å². The lowest BCUT2D eigenvalue weighted by Gasteiger charge is -2.37. The Hall–Kier alpha value is -5.61. The summed E-state index contributed by atoms with van der Waals surface area (Å²) >= 11 is 12.2. The number of pyridine rings is 2. The predicted octanol–water partition coefficient (Wildman–Crippen LogP) is 9.57. The highest BCUT2D eigenvalue weighted by molar-refractivity contribution is 6.42. The number of carbonyl (C=O) groups is 1. The van der Waals surface area contributed by atoms with E-state index in [9.17, 15) is 4.79 Å². The molecule has 11 heteroatoms. The van der Waals surface area contributed by atoms with Crippen LogP contribution in [0.4, 0.5) is 0 Å². The fraction of sp³-hybridized carbons (Fsp3) is 0.239. The van der Waals surface area contributed by atoms with Crippen LogP contribution in [-0.2, 0) is 37.3 Å². The minimum Gasteiger partial charge on any atom is -0.489 e. The normalized spacial score (nSPS) is 16.1. The van der Waals surface area contributed by atoms with E-state index in [2.05, 4.69) is 26.3 Å². The molecule has 57 heavy (non-hydrogen) atoms. The summed E-state index contributed by atoms with van der Waals surface area (Å²) in [6, 6.07) is 30.9. The van der Waals surface area contributed by atoms with Gasteiger partial charge in [0.05, 0.1) is 16.1 Å². The van der Waals surface area contributed by atoms with Crippen molar-refractivity contribution in [2.75, 3.05) is 13.2 Å². The molecule has 0 bridgehead atoms. The van der Waals surface area contributed by atoms with E-state index in [1.807, 2.05) is 92.7 Å². The van der Waals surface area contributed by atoms with Gasteiger partial charge in [-0.15, -0.1) is 0 Å². The Balaban J connectivity index is 0.907. The Morgan fingerprint density at radius 2 is 1.58 bits per heavy atom. The van der Waals surface area contributed by atoms with Gasteiger partial charge in [-0.2, -0.15) is 0 Å². The number of aryl methyl sites for hydroxylation is 1. The van der Waals surface area contributed by atoms with E-state index in [0.717, 1.165) is 61.9 Å². The van der Waals surface area contributed by atoms with Crippen LogP contribution in [-0.4, -0.2) is 40.0 Å². The third kappa shape index (κ3) is 9.18. The first-order valence-corrected chi connectivity index (χ1v) is 19.7. The van der Waals surface area contributed by atoms with Crippen molar-refractivity contribution < 1.29 is 23.7 Å². The molecule has 0 radical (unpaired) electrons. The molecule has 4 heterocycles. The van der Waals surface area contributed by atoms with Gasteiger partial charge in [-0.3, -0.25) is 19.7 Å². The molecule has 2 unspecified atom stereocenters. The second-order valence-electron chi connectivity index (χ2n) is 14.4. The second kappa shape index (κ2) is 17.3. The lowest BCUT2D eigenvalue weighted by Crippen LogP contribution is -2.50. The fourth-order valence-corrected chi connectivity index (χ4v) is 7.44. The first-order chi connectivity index (χ1) is 27.8. The third-order valence-corrected chi connectivity index (χ3v) is 11.2. The number of amides is 1. The SMILES string of the molecule is Cc1nccc(Oc2ccc(CCNC(=O)C3Cc4cc5c(cc4CN3Cc3ccncc3)OC(c3ccc(OCc4ccc(Cl)c(Cl)c4)cc3)CO5)cc2)c1C. The van der Waals surface area contributed by atoms with Gasteiger partial charge in [-0.1, -0.05) is 53.5 Å². The van der Waals surface area contributed by atoms with E-state index in [4.69, 9.17) is 42.1 Å². The molecular weight excluding hydrogens is 759 g/mol. The smallest absolute Gasteiger partial charge is 0.237 e. The van der Waals surface area contributed by atoms with Crippen molar-refractivity contribution in [3.8, 4) is 28.7 Å². The zero-order valence-corrected chi connectivity index (χ0v) is 33.2. The molecule has 8 rings (SSSR count). The average Bonchev–Trinajstić information content (AvgIpc) is 3.23. The molecule has 2 aliphatic rings. The lowest BCUT2D eigenvalue weighted by molar-refractivity contribution is -0.127. The summed E-state index contributed by atoms with van der Waals surface area (Å²) in [6.45, 7) is 6.41. The molecule has 0 fully saturated rings. The summed E-state index contributed by atoms with van der Waals surface area (Å²) in [4.78, 5) is 24.6. The van der Waals surface area contributed by atoms with Gasteiger partial charge in [0.2, 0.25) is 5.91 Å².